The van der Waals surface area contributed by atoms with Gasteiger partial charge in [-0.25, -0.2) is 8.42 Å². The van der Waals surface area contributed by atoms with E-state index in [4.69, 9.17) is 4.74 Å². The number of hydrogen-bond donors (Lipinski definition) is 2. The fourth-order valence-electron chi connectivity index (χ4n) is 4.32. The highest BCUT2D eigenvalue weighted by molar-refractivity contribution is 7.90. The molecule has 5 rings (SSSR count). The van der Waals surface area contributed by atoms with E-state index in [1.165, 1.54) is 13.2 Å². The number of sulfone groups is 1. The molecule has 40 heavy (non-hydrogen) atoms. The first-order chi connectivity index (χ1) is 19.4. The lowest BCUT2D eigenvalue weighted by Crippen LogP contribution is -2.12. The van der Waals surface area contributed by atoms with Gasteiger partial charge >= 0.3 is 0 Å². The molecule has 0 radical (unpaired) electrons. The van der Waals surface area contributed by atoms with Crippen molar-refractivity contribution >= 4 is 43.6 Å². The number of nitrogens with zero attached hydrogens (tertiary/aromatic N) is 2. The summed E-state index contributed by atoms with van der Waals surface area (Å²) in [4.78, 5) is 13.1. The van der Waals surface area contributed by atoms with E-state index in [0.29, 0.717) is 22.0 Å². The Morgan fingerprint density at radius 3 is 2.25 bits per heavy atom. The number of azo groups is 1. The van der Waals surface area contributed by atoms with Crippen molar-refractivity contribution in [1.29, 1.82) is 0 Å². The third kappa shape index (κ3) is 5.55. The fourth-order valence-corrected chi connectivity index (χ4v) is 5.86. The Bertz CT molecular complexity index is 1820. The molecule has 0 bridgehead atoms. The summed E-state index contributed by atoms with van der Waals surface area (Å²) in [7, 11) is -2.42. The number of rotatable bonds is 8. The summed E-state index contributed by atoms with van der Waals surface area (Å²) in [5.41, 5.74) is 1.44. The number of ether oxygens (including phenoxy) is 1. The van der Waals surface area contributed by atoms with Gasteiger partial charge in [0.15, 0.2) is 21.3 Å². The van der Waals surface area contributed by atoms with Crippen LogP contribution >= 0.6 is 0 Å². The number of carbonyl (C=O) groups is 1. The van der Waals surface area contributed by atoms with E-state index in [0.717, 1.165) is 0 Å². The van der Waals surface area contributed by atoms with Crippen LogP contribution in [-0.2, 0) is 15.6 Å². The average Bonchev–Trinajstić information content (AvgIpc) is 2.97. The number of amides is 1. The third-order valence-electron chi connectivity index (χ3n) is 6.23. The first-order valence-corrected chi connectivity index (χ1v) is 14.0. The number of methoxy groups -OCH3 is 1. The van der Waals surface area contributed by atoms with Gasteiger partial charge in [0, 0.05) is 11.1 Å². The summed E-state index contributed by atoms with van der Waals surface area (Å²) in [5.74, 6) is -1.06. The lowest BCUT2D eigenvalue weighted by atomic mass is 10.0. The second-order valence-corrected chi connectivity index (χ2v) is 10.9. The molecule has 5 aromatic rings. The van der Waals surface area contributed by atoms with Crippen LogP contribution in [0.15, 0.2) is 124 Å². The molecule has 0 atom stereocenters. The van der Waals surface area contributed by atoms with Crippen LogP contribution in [-0.4, -0.2) is 26.5 Å². The van der Waals surface area contributed by atoms with Gasteiger partial charge in [-0.15, -0.1) is 10.2 Å². The second-order valence-electron chi connectivity index (χ2n) is 8.92. The first kappa shape index (κ1) is 26.6. The SMILES string of the molecule is COc1c(N=Nc2c(O)c(C(=O)Nc3ccccc3)cc3ccccc23)cccc1S(=O)(=O)Cc1ccccc1. The Kier molecular flexibility index (Phi) is 7.56. The van der Waals surface area contributed by atoms with Crippen molar-refractivity contribution in [3.05, 3.63) is 120 Å². The lowest BCUT2D eigenvalue weighted by Gasteiger charge is -2.12. The Hall–Kier alpha value is -5.02. The normalized spacial score (nSPS) is 11.5. The van der Waals surface area contributed by atoms with Gasteiger partial charge in [0.25, 0.3) is 5.91 Å². The molecule has 0 aliphatic carbocycles. The van der Waals surface area contributed by atoms with Gasteiger partial charge in [-0.1, -0.05) is 78.9 Å². The lowest BCUT2D eigenvalue weighted by molar-refractivity contribution is 0.102. The van der Waals surface area contributed by atoms with Crippen LogP contribution in [0.2, 0.25) is 0 Å². The number of para-hydroxylation sites is 2. The fraction of sp³-hybridized carbons (Fsp3) is 0.0645. The molecule has 200 valence electrons. The number of phenols is 1. The molecule has 0 fully saturated rings. The summed E-state index contributed by atoms with van der Waals surface area (Å²) in [5, 5.41) is 23.7. The van der Waals surface area contributed by atoms with Gasteiger partial charge in [-0.2, -0.15) is 0 Å². The van der Waals surface area contributed by atoms with Crippen molar-refractivity contribution in [1.82, 2.24) is 0 Å². The minimum Gasteiger partial charge on any atom is -0.505 e. The number of aromatic hydroxyl groups is 1. The van der Waals surface area contributed by atoms with E-state index in [9.17, 15) is 18.3 Å². The quantitative estimate of drug-likeness (QED) is 0.198. The van der Waals surface area contributed by atoms with Crippen molar-refractivity contribution < 1.29 is 23.1 Å². The monoisotopic (exact) mass is 551 g/mol. The molecule has 0 unspecified atom stereocenters. The van der Waals surface area contributed by atoms with E-state index in [-0.39, 0.29) is 39.1 Å². The Balaban J connectivity index is 1.55. The number of hydrogen-bond acceptors (Lipinski definition) is 7. The third-order valence-corrected chi connectivity index (χ3v) is 7.93. The van der Waals surface area contributed by atoms with Gasteiger partial charge < -0.3 is 15.2 Å². The molecule has 0 heterocycles. The number of phenolic OH excluding ortho intramolecular Hbond substituents is 1. The Morgan fingerprint density at radius 1 is 0.850 bits per heavy atom. The van der Waals surface area contributed by atoms with Crippen molar-refractivity contribution in [2.75, 3.05) is 12.4 Å². The number of benzene rings is 5. The number of anilines is 1. The van der Waals surface area contributed by atoms with E-state index in [1.807, 2.05) is 18.2 Å². The minimum atomic E-state index is -3.78. The molecular weight excluding hydrogens is 526 g/mol. The zero-order chi connectivity index (χ0) is 28.1. The van der Waals surface area contributed by atoms with Gasteiger partial charge in [0.1, 0.15) is 16.3 Å². The predicted octanol–water partition coefficient (Wildman–Crippen LogP) is 7.20. The zero-order valence-electron chi connectivity index (χ0n) is 21.5. The van der Waals surface area contributed by atoms with Gasteiger partial charge in [-0.3, -0.25) is 4.79 Å². The smallest absolute Gasteiger partial charge is 0.259 e. The molecule has 0 aliphatic rings. The van der Waals surface area contributed by atoms with Gasteiger partial charge in [-0.05, 0) is 41.3 Å². The average molecular weight is 552 g/mol. The van der Waals surface area contributed by atoms with Crippen LogP contribution in [0.3, 0.4) is 0 Å². The Labute approximate surface area is 231 Å². The van der Waals surface area contributed by atoms with Crippen LogP contribution in [0.25, 0.3) is 10.8 Å². The minimum absolute atomic E-state index is 0.0163. The standard InChI is InChI=1S/C31H25N3O5S/c1-39-30-26(17-10-18-27(30)40(37,38)20-21-11-4-2-5-12-21)33-34-28-24-16-9-8-13-22(24)19-25(29(28)35)31(36)32-23-14-6-3-7-15-23/h2-19,35H,20H2,1H3,(H,32,36). The maximum absolute atomic E-state index is 13.3. The number of fused-ring (bicyclic) bond motifs is 1. The predicted molar refractivity (Wildman–Crippen MR) is 155 cm³/mol. The van der Waals surface area contributed by atoms with Gasteiger partial charge in [0.05, 0.1) is 18.4 Å². The summed E-state index contributed by atoms with van der Waals surface area (Å²) in [6, 6.07) is 31.0. The molecule has 1 amide bonds. The van der Waals surface area contributed by atoms with Crippen LogP contribution in [0.5, 0.6) is 11.5 Å². The summed E-state index contributed by atoms with van der Waals surface area (Å²) in [6.07, 6.45) is 0. The van der Waals surface area contributed by atoms with E-state index in [1.54, 1.807) is 84.9 Å². The summed E-state index contributed by atoms with van der Waals surface area (Å²) < 4.78 is 32.0. The van der Waals surface area contributed by atoms with Crippen molar-refractivity contribution in [2.24, 2.45) is 10.2 Å². The molecule has 0 saturated carbocycles. The molecule has 9 heteroatoms. The van der Waals surface area contributed by atoms with Crippen molar-refractivity contribution in [3.8, 4) is 11.5 Å². The number of nitrogens with one attached hydrogen (secondary N) is 1. The highest BCUT2D eigenvalue weighted by atomic mass is 32.2. The zero-order valence-corrected chi connectivity index (χ0v) is 22.3. The number of carbonyl (C=O) groups excluding carboxylic acids is 1. The largest absolute Gasteiger partial charge is 0.505 e. The maximum atomic E-state index is 13.3. The molecular formula is C31H25N3O5S. The molecule has 0 aliphatic heterocycles. The maximum Gasteiger partial charge on any atom is 0.259 e. The van der Waals surface area contributed by atoms with Crippen molar-refractivity contribution in [3.63, 3.8) is 0 Å². The Morgan fingerprint density at radius 2 is 1.52 bits per heavy atom. The molecule has 2 N–H and O–H groups in total. The van der Waals surface area contributed by atoms with Crippen LogP contribution < -0.4 is 10.1 Å². The molecule has 5 aromatic carbocycles. The molecule has 0 aromatic heterocycles. The second kappa shape index (κ2) is 11.4. The molecule has 0 spiro atoms. The van der Waals surface area contributed by atoms with E-state index >= 15 is 0 Å². The summed E-state index contributed by atoms with van der Waals surface area (Å²) in [6.45, 7) is 0. The molecule has 8 nitrogen and oxygen atoms in total. The van der Waals surface area contributed by atoms with Crippen LogP contribution in [0.1, 0.15) is 15.9 Å². The highest BCUT2D eigenvalue weighted by Crippen LogP contribution is 2.42. The summed E-state index contributed by atoms with van der Waals surface area (Å²) >= 11 is 0. The van der Waals surface area contributed by atoms with E-state index in [2.05, 4.69) is 15.5 Å². The van der Waals surface area contributed by atoms with Crippen molar-refractivity contribution in [2.45, 2.75) is 10.6 Å². The highest BCUT2D eigenvalue weighted by Gasteiger charge is 2.23. The van der Waals surface area contributed by atoms with Crippen LogP contribution in [0.4, 0.5) is 17.1 Å². The van der Waals surface area contributed by atoms with Crippen LogP contribution in [0, 0.1) is 0 Å². The topological polar surface area (TPSA) is 117 Å². The van der Waals surface area contributed by atoms with Gasteiger partial charge in [0.2, 0.25) is 0 Å². The first-order valence-electron chi connectivity index (χ1n) is 12.3. The van der Waals surface area contributed by atoms with E-state index < -0.39 is 15.7 Å². The molecule has 0 saturated heterocycles.